The van der Waals surface area contributed by atoms with Crippen molar-refractivity contribution in [3.8, 4) is 5.75 Å². The minimum absolute atomic E-state index is 0.531. The molecule has 0 bridgehead atoms. The SMILES string of the molecule is CCC(C)NCCOc1ccc(Br)cc1Cl. The van der Waals surface area contributed by atoms with Crippen LogP contribution in [0.15, 0.2) is 22.7 Å². The van der Waals surface area contributed by atoms with Gasteiger partial charge in [0.15, 0.2) is 0 Å². The molecule has 1 rings (SSSR count). The van der Waals surface area contributed by atoms with Crippen molar-refractivity contribution in [3.05, 3.63) is 27.7 Å². The van der Waals surface area contributed by atoms with Gasteiger partial charge in [-0.15, -0.1) is 0 Å². The van der Waals surface area contributed by atoms with Crippen LogP contribution in [0.25, 0.3) is 0 Å². The van der Waals surface area contributed by atoms with E-state index in [1.165, 1.54) is 0 Å². The van der Waals surface area contributed by atoms with Crippen molar-refractivity contribution >= 4 is 27.5 Å². The van der Waals surface area contributed by atoms with Gasteiger partial charge in [-0.3, -0.25) is 0 Å². The van der Waals surface area contributed by atoms with Gasteiger partial charge in [0.25, 0.3) is 0 Å². The van der Waals surface area contributed by atoms with Gasteiger partial charge in [-0.25, -0.2) is 0 Å². The van der Waals surface area contributed by atoms with Gasteiger partial charge in [0.2, 0.25) is 0 Å². The molecule has 0 aliphatic heterocycles. The van der Waals surface area contributed by atoms with Gasteiger partial charge >= 0.3 is 0 Å². The maximum atomic E-state index is 6.02. The van der Waals surface area contributed by atoms with Crippen LogP contribution in [0.5, 0.6) is 5.75 Å². The fraction of sp³-hybridized carbons (Fsp3) is 0.500. The first-order valence-electron chi connectivity index (χ1n) is 5.44. The highest BCUT2D eigenvalue weighted by atomic mass is 79.9. The van der Waals surface area contributed by atoms with Gasteiger partial charge in [0.1, 0.15) is 12.4 Å². The number of hydrogen-bond donors (Lipinski definition) is 1. The zero-order valence-corrected chi connectivity index (χ0v) is 11.9. The Morgan fingerprint density at radius 3 is 2.88 bits per heavy atom. The van der Waals surface area contributed by atoms with Crippen LogP contribution < -0.4 is 10.1 Å². The van der Waals surface area contributed by atoms with E-state index in [4.69, 9.17) is 16.3 Å². The van der Waals surface area contributed by atoms with Crippen LogP contribution in [0.1, 0.15) is 20.3 Å². The molecule has 2 nitrogen and oxygen atoms in total. The Bertz CT molecular complexity index is 333. The molecule has 0 saturated carbocycles. The van der Waals surface area contributed by atoms with E-state index in [2.05, 4.69) is 35.1 Å². The largest absolute Gasteiger partial charge is 0.491 e. The van der Waals surface area contributed by atoms with Crippen molar-refractivity contribution in [2.75, 3.05) is 13.2 Å². The monoisotopic (exact) mass is 305 g/mol. The van der Waals surface area contributed by atoms with Gasteiger partial charge in [-0.1, -0.05) is 34.5 Å². The first-order chi connectivity index (χ1) is 7.63. The van der Waals surface area contributed by atoms with E-state index in [0.717, 1.165) is 23.2 Å². The lowest BCUT2D eigenvalue weighted by atomic mass is 10.3. The average Bonchev–Trinajstić information content (AvgIpc) is 2.26. The van der Waals surface area contributed by atoms with Crippen molar-refractivity contribution in [2.45, 2.75) is 26.3 Å². The first kappa shape index (κ1) is 13.8. The summed E-state index contributed by atoms with van der Waals surface area (Å²) >= 11 is 9.38. The van der Waals surface area contributed by atoms with Crippen molar-refractivity contribution in [3.63, 3.8) is 0 Å². The van der Waals surface area contributed by atoms with Crippen molar-refractivity contribution in [1.29, 1.82) is 0 Å². The van der Waals surface area contributed by atoms with Gasteiger partial charge < -0.3 is 10.1 Å². The zero-order valence-electron chi connectivity index (χ0n) is 9.59. The van der Waals surface area contributed by atoms with E-state index in [-0.39, 0.29) is 0 Å². The third-order valence-corrected chi connectivity index (χ3v) is 3.15. The van der Waals surface area contributed by atoms with E-state index in [1.54, 1.807) is 0 Å². The molecule has 16 heavy (non-hydrogen) atoms. The quantitative estimate of drug-likeness (QED) is 0.806. The summed E-state index contributed by atoms with van der Waals surface area (Å²) < 4.78 is 6.53. The Labute approximate surface area is 110 Å². The molecule has 0 fully saturated rings. The minimum atomic E-state index is 0.531. The minimum Gasteiger partial charge on any atom is -0.491 e. The van der Waals surface area contributed by atoms with E-state index < -0.39 is 0 Å². The Morgan fingerprint density at radius 2 is 2.25 bits per heavy atom. The van der Waals surface area contributed by atoms with Crippen LogP contribution in [-0.2, 0) is 0 Å². The molecule has 90 valence electrons. The Hall–Kier alpha value is -0.250. The lowest BCUT2D eigenvalue weighted by Crippen LogP contribution is -2.29. The van der Waals surface area contributed by atoms with E-state index in [9.17, 15) is 0 Å². The molecular weight excluding hydrogens is 289 g/mol. The lowest BCUT2D eigenvalue weighted by molar-refractivity contribution is 0.306. The maximum absolute atomic E-state index is 6.02. The second-order valence-corrected chi connectivity index (χ2v) is 5.01. The molecule has 0 aliphatic carbocycles. The molecule has 1 aromatic rings. The molecular formula is C12H17BrClNO. The van der Waals surface area contributed by atoms with E-state index in [0.29, 0.717) is 17.7 Å². The summed E-state index contributed by atoms with van der Waals surface area (Å²) in [6.07, 6.45) is 1.12. The van der Waals surface area contributed by atoms with Gasteiger partial charge in [0, 0.05) is 17.1 Å². The number of ether oxygens (including phenoxy) is 1. The molecule has 0 aromatic heterocycles. The Kier molecular flexibility index (Phi) is 6.17. The summed E-state index contributed by atoms with van der Waals surface area (Å²) in [5, 5.41) is 3.99. The summed E-state index contributed by atoms with van der Waals surface area (Å²) in [5.41, 5.74) is 0. The standard InChI is InChI=1S/C12H17BrClNO/c1-3-9(2)15-6-7-16-12-5-4-10(13)8-11(12)14/h4-5,8-9,15H,3,6-7H2,1-2H3. The fourth-order valence-corrected chi connectivity index (χ4v) is 1.93. The summed E-state index contributed by atoms with van der Waals surface area (Å²) in [5.74, 6) is 0.732. The number of rotatable bonds is 6. The van der Waals surface area contributed by atoms with Crippen LogP contribution >= 0.6 is 27.5 Å². The lowest BCUT2D eigenvalue weighted by Gasteiger charge is -2.12. The summed E-state index contributed by atoms with van der Waals surface area (Å²) in [4.78, 5) is 0. The zero-order chi connectivity index (χ0) is 12.0. The van der Waals surface area contributed by atoms with Crippen molar-refractivity contribution in [2.24, 2.45) is 0 Å². The highest BCUT2D eigenvalue weighted by Crippen LogP contribution is 2.27. The molecule has 0 spiro atoms. The number of benzene rings is 1. The van der Waals surface area contributed by atoms with Gasteiger partial charge in [-0.05, 0) is 31.5 Å². The molecule has 0 saturated heterocycles. The molecule has 1 aromatic carbocycles. The summed E-state index contributed by atoms with van der Waals surface area (Å²) in [6, 6.07) is 6.15. The first-order valence-corrected chi connectivity index (χ1v) is 6.61. The van der Waals surface area contributed by atoms with Gasteiger partial charge in [0.05, 0.1) is 5.02 Å². The predicted octanol–water partition coefficient (Wildman–Crippen LogP) is 3.87. The number of nitrogens with one attached hydrogen (secondary N) is 1. The van der Waals surface area contributed by atoms with E-state index in [1.807, 2.05) is 18.2 Å². The third kappa shape index (κ3) is 4.73. The van der Waals surface area contributed by atoms with Crippen molar-refractivity contribution in [1.82, 2.24) is 5.32 Å². The molecule has 0 amide bonds. The molecule has 1 N–H and O–H groups in total. The normalized spacial score (nSPS) is 12.5. The average molecular weight is 307 g/mol. The summed E-state index contributed by atoms with van der Waals surface area (Å²) in [6.45, 7) is 5.78. The van der Waals surface area contributed by atoms with Gasteiger partial charge in [-0.2, -0.15) is 0 Å². The fourth-order valence-electron chi connectivity index (χ4n) is 1.20. The number of halogens is 2. The second kappa shape index (κ2) is 7.15. The van der Waals surface area contributed by atoms with Crippen LogP contribution in [0.4, 0.5) is 0 Å². The molecule has 1 atom stereocenters. The third-order valence-electron chi connectivity index (χ3n) is 2.36. The van der Waals surface area contributed by atoms with Crippen LogP contribution in [0, 0.1) is 0 Å². The molecule has 4 heteroatoms. The Morgan fingerprint density at radius 1 is 1.50 bits per heavy atom. The molecule has 0 aliphatic rings. The van der Waals surface area contributed by atoms with E-state index >= 15 is 0 Å². The van der Waals surface area contributed by atoms with Crippen molar-refractivity contribution < 1.29 is 4.74 Å². The molecule has 0 radical (unpaired) electrons. The maximum Gasteiger partial charge on any atom is 0.138 e. The van der Waals surface area contributed by atoms with Crippen LogP contribution in [0.3, 0.4) is 0 Å². The van der Waals surface area contributed by atoms with Crippen LogP contribution in [0.2, 0.25) is 5.02 Å². The highest BCUT2D eigenvalue weighted by molar-refractivity contribution is 9.10. The molecule has 0 heterocycles. The topological polar surface area (TPSA) is 21.3 Å². The second-order valence-electron chi connectivity index (χ2n) is 3.69. The smallest absolute Gasteiger partial charge is 0.138 e. The van der Waals surface area contributed by atoms with Crippen LogP contribution in [-0.4, -0.2) is 19.2 Å². The highest BCUT2D eigenvalue weighted by Gasteiger charge is 2.02. The Balaban J connectivity index is 2.32. The predicted molar refractivity (Wildman–Crippen MR) is 72.4 cm³/mol. The molecule has 1 unspecified atom stereocenters. The summed E-state index contributed by atoms with van der Waals surface area (Å²) in [7, 11) is 0. The number of hydrogen-bond acceptors (Lipinski definition) is 2.